The fourth-order valence-electron chi connectivity index (χ4n) is 1.85. The van der Waals surface area contributed by atoms with Crippen molar-refractivity contribution in [2.75, 3.05) is 25.0 Å². The Labute approximate surface area is 115 Å². The molecule has 1 amide bonds. The van der Waals surface area contributed by atoms with Crippen LogP contribution in [0.5, 0.6) is 0 Å². The van der Waals surface area contributed by atoms with Gasteiger partial charge in [0.2, 0.25) is 5.91 Å². The second-order valence-corrected chi connectivity index (χ2v) is 4.73. The standard InChI is InChI=1S/C15H24N2O2/c1-13-7-6-8-14(11-13)17-15(19)12-16-9-4-2-3-5-10-18/h6-8,11,16,18H,2-5,9-10,12H2,1H3,(H,17,19). The number of rotatable bonds is 9. The van der Waals surface area contributed by atoms with Crippen LogP contribution in [0.25, 0.3) is 0 Å². The van der Waals surface area contributed by atoms with E-state index in [9.17, 15) is 4.79 Å². The number of aryl methyl sites for hydroxylation is 1. The molecule has 0 saturated carbocycles. The van der Waals surface area contributed by atoms with Gasteiger partial charge in [-0.25, -0.2) is 0 Å². The van der Waals surface area contributed by atoms with Gasteiger partial charge in [-0.3, -0.25) is 4.79 Å². The van der Waals surface area contributed by atoms with E-state index < -0.39 is 0 Å². The minimum atomic E-state index is -0.0130. The van der Waals surface area contributed by atoms with Crippen molar-refractivity contribution < 1.29 is 9.90 Å². The third kappa shape index (κ3) is 7.59. The van der Waals surface area contributed by atoms with Crippen molar-refractivity contribution in [3.05, 3.63) is 29.8 Å². The number of hydrogen-bond donors (Lipinski definition) is 3. The van der Waals surface area contributed by atoms with Crippen LogP contribution in [0.2, 0.25) is 0 Å². The normalized spacial score (nSPS) is 10.4. The Morgan fingerprint density at radius 2 is 2.00 bits per heavy atom. The first-order valence-electron chi connectivity index (χ1n) is 6.90. The Morgan fingerprint density at radius 3 is 2.74 bits per heavy atom. The van der Waals surface area contributed by atoms with Crippen molar-refractivity contribution in [3.8, 4) is 0 Å². The first-order chi connectivity index (χ1) is 9.22. The van der Waals surface area contributed by atoms with E-state index in [0.29, 0.717) is 6.54 Å². The maximum Gasteiger partial charge on any atom is 0.238 e. The van der Waals surface area contributed by atoms with Crippen LogP contribution in [0.15, 0.2) is 24.3 Å². The lowest BCUT2D eigenvalue weighted by Crippen LogP contribution is -2.28. The first kappa shape index (κ1) is 15.7. The summed E-state index contributed by atoms with van der Waals surface area (Å²) in [4.78, 5) is 11.7. The van der Waals surface area contributed by atoms with Gasteiger partial charge in [0.25, 0.3) is 0 Å². The molecule has 1 rings (SSSR count). The molecule has 0 saturated heterocycles. The number of benzene rings is 1. The second-order valence-electron chi connectivity index (χ2n) is 4.73. The van der Waals surface area contributed by atoms with Gasteiger partial charge in [0.15, 0.2) is 0 Å². The average molecular weight is 264 g/mol. The average Bonchev–Trinajstić information content (AvgIpc) is 2.37. The van der Waals surface area contributed by atoms with Gasteiger partial charge >= 0.3 is 0 Å². The second kappa shape index (κ2) is 9.53. The molecule has 4 heteroatoms. The van der Waals surface area contributed by atoms with Crippen LogP contribution < -0.4 is 10.6 Å². The molecule has 0 aliphatic carbocycles. The Bertz CT molecular complexity index is 380. The maximum atomic E-state index is 11.7. The number of aliphatic hydroxyl groups is 1. The zero-order chi connectivity index (χ0) is 13.9. The Kier molecular flexibility index (Phi) is 7.86. The summed E-state index contributed by atoms with van der Waals surface area (Å²) >= 11 is 0. The summed E-state index contributed by atoms with van der Waals surface area (Å²) in [5.74, 6) is -0.0130. The molecule has 0 spiro atoms. The predicted molar refractivity (Wildman–Crippen MR) is 78.2 cm³/mol. The largest absolute Gasteiger partial charge is 0.396 e. The van der Waals surface area contributed by atoms with Gasteiger partial charge < -0.3 is 15.7 Å². The fraction of sp³-hybridized carbons (Fsp3) is 0.533. The van der Waals surface area contributed by atoms with E-state index >= 15 is 0 Å². The van der Waals surface area contributed by atoms with Crippen molar-refractivity contribution in [2.45, 2.75) is 32.6 Å². The highest BCUT2D eigenvalue weighted by Gasteiger charge is 2.01. The molecule has 0 fully saturated rings. The summed E-state index contributed by atoms with van der Waals surface area (Å²) in [6.07, 6.45) is 4.05. The van der Waals surface area contributed by atoms with Crippen LogP contribution in [-0.4, -0.2) is 30.7 Å². The Morgan fingerprint density at radius 1 is 1.21 bits per heavy atom. The van der Waals surface area contributed by atoms with Crippen molar-refractivity contribution in [3.63, 3.8) is 0 Å². The lowest BCUT2D eigenvalue weighted by molar-refractivity contribution is -0.115. The van der Waals surface area contributed by atoms with Crippen molar-refractivity contribution in [2.24, 2.45) is 0 Å². The molecule has 0 radical (unpaired) electrons. The monoisotopic (exact) mass is 264 g/mol. The quantitative estimate of drug-likeness (QED) is 0.598. The molecule has 0 heterocycles. The molecule has 1 aromatic rings. The van der Waals surface area contributed by atoms with Crippen molar-refractivity contribution >= 4 is 11.6 Å². The maximum absolute atomic E-state index is 11.7. The molecule has 0 aliphatic heterocycles. The number of carbonyl (C=O) groups excluding carboxylic acids is 1. The van der Waals surface area contributed by atoms with E-state index in [1.165, 1.54) is 0 Å². The van der Waals surface area contributed by atoms with Gasteiger partial charge in [-0.05, 0) is 44.0 Å². The summed E-state index contributed by atoms with van der Waals surface area (Å²) in [5.41, 5.74) is 1.98. The lowest BCUT2D eigenvalue weighted by atomic mass is 10.2. The molecule has 106 valence electrons. The van der Waals surface area contributed by atoms with Gasteiger partial charge in [0.1, 0.15) is 0 Å². The number of unbranched alkanes of at least 4 members (excludes halogenated alkanes) is 3. The van der Waals surface area contributed by atoms with Gasteiger partial charge in [0, 0.05) is 12.3 Å². The van der Waals surface area contributed by atoms with E-state index in [2.05, 4.69) is 10.6 Å². The predicted octanol–water partition coefficient (Wildman–Crippen LogP) is 2.08. The van der Waals surface area contributed by atoms with Crippen LogP contribution in [0, 0.1) is 6.92 Å². The first-order valence-corrected chi connectivity index (χ1v) is 6.90. The highest BCUT2D eigenvalue weighted by molar-refractivity contribution is 5.92. The minimum absolute atomic E-state index is 0.0130. The highest BCUT2D eigenvalue weighted by Crippen LogP contribution is 2.08. The summed E-state index contributed by atoms with van der Waals surface area (Å²) in [5, 5.41) is 14.6. The number of hydrogen-bond acceptors (Lipinski definition) is 3. The van der Waals surface area contributed by atoms with E-state index in [-0.39, 0.29) is 12.5 Å². The van der Waals surface area contributed by atoms with Crippen molar-refractivity contribution in [1.29, 1.82) is 0 Å². The Hall–Kier alpha value is -1.39. The molecule has 4 nitrogen and oxygen atoms in total. The molecular weight excluding hydrogens is 240 g/mol. The number of nitrogens with one attached hydrogen (secondary N) is 2. The van der Waals surface area contributed by atoms with Crippen LogP contribution in [0.1, 0.15) is 31.2 Å². The van der Waals surface area contributed by atoms with Gasteiger partial charge in [-0.2, -0.15) is 0 Å². The SMILES string of the molecule is Cc1cccc(NC(=O)CNCCCCCCO)c1. The van der Waals surface area contributed by atoms with Gasteiger partial charge in [-0.1, -0.05) is 25.0 Å². The lowest BCUT2D eigenvalue weighted by Gasteiger charge is -2.07. The van der Waals surface area contributed by atoms with E-state index in [1.54, 1.807) is 0 Å². The van der Waals surface area contributed by atoms with Gasteiger partial charge in [0.05, 0.1) is 6.54 Å². The van der Waals surface area contributed by atoms with Crippen LogP contribution in [-0.2, 0) is 4.79 Å². The number of aliphatic hydroxyl groups excluding tert-OH is 1. The molecule has 1 aromatic carbocycles. The molecule has 0 unspecified atom stereocenters. The number of anilines is 1. The number of amides is 1. The zero-order valence-electron chi connectivity index (χ0n) is 11.6. The molecule has 0 aromatic heterocycles. The molecule has 0 atom stereocenters. The molecule has 0 aliphatic rings. The smallest absolute Gasteiger partial charge is 0.238 e. The fourth-order valence-corrected chi connectivity index (χ4v) is 1.85. The van der Waals surface area contributed by atoms with Crippen LogP contribution in [0.4, 0.5) is 5.69 Å². The van der Waals surface area contributed by atoms with Crippen molar-refractivity contribution in [1.82, 2.24) is 5.32 Å². The van der Waals surface area contributed by atoms with E-state index in [0.717, 1.165) is 43.5 Å². The molecule has 19 heavy (non-hydrogen) atoms. The molecular formula is C15H24N2O2. The number of carbonyl (C=O) groups is 1. The van der Waals surface area contributed by atoms with Gasteiger partial charge in [-0.15, -0.1) is 0 Å². The minimum Gasteiger partial charge on any atom is -0.396 e. The van der Waals surface area contributed by atoms with E-state index in [4.69, 9.17) is 5.11 Å². The summed E-state index contributed by atoms with van der Waals surface area (Å²) in [6.45, 7) is 3.45. The molecule has 3 N–H and O–H groups in total. The zero-order valence-corrected chi connectivity index (χ0v) is 11.6. The third-order valence-electron chi connectivity index (χ3n) is 2.85. The third-order valence-corrected chi connectivity index (χ3v) is 2.85. The Balaban J connectivity index is 2.08. The van der Waals surface area contributed by atoms with Crippen LogP contribution in [0.3, 0.4) is 0 Å². The van der Waals surface area contributed by atoms with Crippen LogP contribution >= 0.6 is 0 Å². The summed E-state index contributed by atoms with van der Waals surface area (Å²) in [6, 6.07) is 7.77. The topological polar surface area (TPSA) is 61.4 Å². The summed E-state index contributed by atoms with van der Waals surface area (Å²) in [7, 11) is 0. The van der Waals surface area contributed by atoms with E-state index in [1.807, 2.05) is 31.2 Å². The summed E-state index contributed by atoms with van der Waals surface area (Å²) < 4.78 is 0. The highest BCUT2D eigenvalue weighted by atomic mass is 16.2. The molecule has 0 bridgehead atoms.